The molecule has 92 valence electrons. The van der Waals surface area contributed by atoms with Gasteiger partial charge in [-0.3, -0.25) is 0 Å². The topological polar surface area (TPSA) is 38.8 Å². The van der Waals surface area contributed by atoms with Crippen LogP contribution in [0.15, 0.2) is 11.6 Å². The van der Waals surface area contributed by atoms with Crippen molar-refractivity contribution in [2.75, 3.05) is 26.3 Å². The van der Waals surface area contributed by atoms with Crippen molar-refractivity contribution in [3.05, 3.63) is 11.6 Å². The van der Waals surface area contributed by atoms with E-state index in [4.69, 9.17) is 9.47 Å². The molecule has 0 spiro atoms. The second-order valence-corrected chi connectivity index (χ2v) is 4.86. The van der Waals surface area contributed by atoms with E-state index in [9.17, 15) is 4.79 Å². The van der Waals surface area contributed by atoms with Crippen molar-refractivity contribution in [3.63, 3.8) is 0 Å². The first-order valence-electron chi connectivity index (χ1n) is 5.66. The van der Waals surface area contributed by atoms with Crippen LogP contribution in [0.4, 0.5) is 4.79 Å². The maximum Gasteiger partial charge on any atom is 0.410 e. The molecule has 0 atom stereocenters. The van der Waals surface area contributed by atoms with E-state index >= 15 is 0 Å². The zero-order chi connectivity index (χ0) is 12.2. The van der Waals surface area contributed by atoms with Gasteiger partial charge in [-0.15, -0.1) is 0 Å². The molecule has 0 aliphatic carbocycles. The van der Waals surface area contributed by atoms with E-state index in [-0.39, 0.29) is 6.09 Å². The first kappa shape index (κ1) is 13.0. The van der Waals surface area contributed by atoms with Crippen LogP contribution in [0.3, 0.4) is 0 Å². The van der Waals surface area contributed by atoms with E-state index in [1.807, 2.05) is 33.8 Å². The number of hydrogen-bond acceptors (Lipinski definition) is 3. The van der Waals surface area contributed by atoms with Gasteiger partial charge < -0.3 is 14.4 Å². The number of ether oxygens (including phenoxy) is 2. The van der Waals surface area contributed by atoms with Crippen LogP contribution in [-0.4, -0.2) is 42.9 Å². The van der Waals surface area contributed by atoms with Gasteiger partial charge in [-0.2, -0.15) is 0 Å². The second-order valence-electron chi connectivity index (χ2n) is 4.86. The van der Waals surface area contributed by atoms with Crippen LogP contribution in [0.5, 0.6) is 0 Å². The molecule has 1 aliphatic rings. The van der Waals surface area contributed by atoms with Gasteiger partial charge in [0, 0.05) is 19.7 Å². The predicted molar refractivity (Wildman–Crippen MR) is 62.4 cm³/mol. The molecule has 1 amide bonds. The van der Waals surface area contributed by atoms with Crippen LogP contribution >= 0.6 is 0 Å². The maximum absolute atomic E-state index is 11.7. The number of rotatable bonds is 3. The Labute approximate surface area is 97.2 Å². The van der Waals surface area contributed by atoms with Crippen molar-refractivity contribution in [1.29, 1.82) is 0 Å². The lowest BCUT2D eigenvalue weighted by Gasteiger charge is -2.24. The summed E-state index contributed by atoms with van der Waals surface area (Å²) in [4.78, 5) is 13.4. The minimum absolute atomic E-state index is 0.254. The van der Waals surface area contributed by atoms with Gasteiger partial charge in [0.15, 0.2) is 0 Å². The first-order chi connectivity index (χ1) is 7.42. The highest BCUT2D eigenvalue weighted by atomic mass is 16.6. The number of carbonyl (C=O) groups excluding carboxylic acids is 1. The summed E-state index contributed by atoms with van der Waals surface area (Å²) < 4.78 is 10.6. The summed E-state index contributed by atoms with van der Waals surface area (Å²) in [5.74, 6) is 0. The van der Waals surface area contributed by atoms with Crippen LogP contribution in [0.25, 0.3) is 0 Å². The first-order valence-corrected chi connectivity index (χ1v) is 5.66. The minimum Gasteiger partial charge on any atom is -0.444 e. The molecule has 16 heavy (non-hydrogen) atoms. The number of carbonyl (C=O) groups is 1. The fourth-order valence-corrected chi connectivity index (χ4v) is 1.42. The van der Waals surface area contributed by atoms with Crippen LogP contribution in [-0.2, 0) is 9.47 Å². The quantitative estimate of drug-likeness (QED) is 0.694. The Morgan fingerprint density at radius 3 is 2.75 bits per heavy atom. The largest absolute Gasteiger partial charge is 0.444 e. The minimum atomic E-state index is -0.431. The number of nitrogens with zero attached hydrogens (tertiary/aromatic N) is 1. The normalized spacial score (nSPS) is 16.2. The van der Waals surface area contributed by atoms with Gasteiger partial charge in [0.1, 0.15) is 5.60 Å². The lowest BCUT2D eigenvalue weighted by atomic mass is 10.2. The molecule has 1 aliphatic heterocycles. The van der Waals surface area contributed by atoms with E-state index in [1.165, 1.54) is 0 Å². The molecule has 4 heteroatoms. The summed E-state index contributed by atoms with van der Waals surface area (Å²) in [5.41, 5.74) is 0.715. The number of amides is 1. The summed E-state index contributed by atoms with van der Waals surface area (Å²) in [6, 6.07) is 0. The van der Waals surface area contributed by atoms with Gasteiger partial charge >= 0.3 is 6.09 Å². The second kappa shape index (κ2) is 5.34. The Kier molecular flexibility index (Phi) is 4.35. The van der Waals surface area contributed by atoms with Crippen LogP contribution < -0.4 is 0 Å². The zero-order valence-electron chi connectivity index (χ0n) is 10.6. The Hall–Kier alpha value is -1.03. The summed E-state index contributed by atoms with van der Waals surface area (Å²) in [6.07, 6.45) is 1.77. The zero-order valence-corrected chi connectivity index (χ0v) is 10.6. The van der Waals surface area contributed by atoms with Crippen molar-refractivity contribution >= 4 is 6.09 Å². The van der Waals surface area contributed by atoms with Gasteiger partial charge in [0.05, 0.1) is 6.61 Å². The molecular formula is C12H21NO3. The summed E-state index contributed by atoms with van der Waals surface area (Å²) >= 11 is 0. The molecule has 1 rings (SSSR count). The van der Waals surface area contributed by atoms with Crippen LogP contribution in [0.1, 0.15) is 27.7 Å². The predicted octanol–water partition coefficient (Wildman–Crippen LogP) is 2.20. The van der Waals surface area contributed by atoms with Crippen LogP contribution in [0, 0.1) is 0 Å². The van der Waals surface area contributed by atoms with E-state index in [2.05, 4.69) is 0 Å². The van der Waals surface area contributed by atoms with E-state index in [0.717, 1.165) is 5.57 Å². The Balaban J connectivity index is 2.35. The average Bonchev–Trinajstić information content (AvgIpc) is 2.60. The molecule has 0 unspecified atom stereocenters. The third-order valence-electron chi connectivity index (χ3n) is 2.14. The van der Waals surface area contributed by atoms with Crippen molar-refractivity contribution < 1.29 is 14.3 Å². The van der Waals surface area contributed by atoms with Gasteiger partial charge in [-0.05, 0) is 33.3 Å². The van der Waals surface area contributed by atoms with Gasteiger partial charge in [-0.1, -0.05) is 6.08 Å². The maximum atomic E-state index is 11.7. The van der Waals surface area contributed by atoms with E-state index in [1.54, 1.807) is 4.90 Å². The van der Waals surface area contributed by atoms with E-state index in [0.29, 0.717) is 26.3 Å². The van der Waals surface area contributed by atoms with Gasteiger partial charge in [0.2, 0.25) is 0 Å². The third kappa shape index (κ3) is 4.23. The van der Waals surface area contributed by atoms with Crippen molar-refractivity contribution in [3.8, 4) is 0 Å². The third-order valence-corrected chi connectivity index (χ3v) is 2.14. The molecule has 0 saturated carbocycles. The Morgan fingerprint density at radius 1 is 1.50 bits per heavy atom. The molecule has 0 aromatic carbocycles. The summed E-state index contributed by atoms with van der Waals surface area (Å²) in [7, 11) is 0. The molecule has 0 saturated heterocycles. The van der Waals surface area contributed by atoms with Gasteiger partial charge in [0.25, 0.3) is 0 Å². The highest BCUT2D eigenvalue weighted by molar-refractivity contribution is 5.69. The van der Waals surface area contributed by atoms with Crippen LogP contribution in [0.2, 0.25) is 0 Å². The molecule has 0 fully saturated rings. The molecule has 0 aromatic rings. The highest BCUT2D eigenvalue weighted by Gasteiger charge is 2.24. The molecule has 0 radical (unpaired) electrons. The molecule has 0 aromatic heterocycles. The van der Waals surface area contributed by atoms with Crippen molar-refractivity contribution in [2.45, 2.75) is 33.3 Å². The lowest BCUT2D eigenvalue weighted by molar-refractivity contribution is 0.0298. The fraction of sp³-hybridized carbons (Fsp3) is 0.750. The molecular weight excluding hydrogens is 206 g/mol. The standard InChI is InChI=1S/C12H21NO3/c1-5-15-9-10-6-7-13(8-10)11(14)16-12(2,3)4/h6H,5,7-9H2,1-4H3. The molecule has 1 heterocycles. The monoisotopic (exact) mass is 227 g/mol. The number of hydrogen-bond donors (Lipinski definition) is 0. The summed E-state index contributed by atoms with van der Waals surface area (Å²) in [5, 5.41) is 0. The Morgan fingerprint density at radius 2 is 2.19 bits per heavy atom. The molecule has 0 bridgehead atoms. The highest BCUT2D eigenvalue weighted by Crippen LogP contribution is 2.15. The summed E-state index contributed by atoms with van der Waals surface area (Å²) in [6.45, 7) is 10.1. The lowest BCUT2D eigenvalue weighted by Crippen LogP contribution is -2.35. The van der Waals surface area contributed by atoms with Gasteiger partial charge in [-0.25, -0.2) is 4.79 Å². The molecule has 4 nitrogen and oxygen atoms in total. The SMILES string of the molecule is CCOCC1=CCN(C(=O)OC(C)(C)C)C1. The van der Waals surface area contributed by atoms with E-state index < -0.39 is 5.60 Å². The molecule has 0 N–H and O–H groups in total. The average molecular weight is 227 g/mol. The van der Waals surface area contributed by atoms with Crippen molar-refractivity contribution in [1.82, 2.24) is 4.90 Å². The van der Waals surface area contributed by atoms with Crippen molar-refractivity contribution in [2.24, 2.45) is 0 Å². The Bertz CT molecular complexity index is 278. The fourth-order valence-electron chi connectivity index (χ4n) is 1.42. The smallest absolute Gasteiger partial charge is 0.410 e.